The van der Waals surface area contributed by atoms with Gasteiger partial charge in [0.15, 0.2) is 0 Å². The van der Waals surface area contributed by atoms with Gasteiger partial charge in [-0.25, -0.2) is 14.4 Å². The summed E-state index contributed by atoms with van der Waals surface area (Å²) in [6, 6.07) is 6.18. The van der Waals surface area contributed by atoms with E-state index in [1.165, 1.54) is 24.6 Å². The van der Waals surface area contributed by atoms with Crippen LogP contribution >= 0.6 is 0 Å². The molecule has 3 N–H and O–H groups in total. The maximum Gasteiger partial charge on any atom is 0.305 e. The second kappa shape index (κ2) is 11.5. The van der Waals surface area contributed by atoms with Crippen molar-refractivity contribution < 1.29 is 24.5 Å². The van der Waals surface area contributed by atoms with Crippen LogP contribution in [0.1, 0.15) is 87.7 Å². The van der Waals surface area contributed by atoms with Crippen molar-refractivity contribution in [2.75, 3.05) is 0 Å². The van der Waals surface area contributed by atoms with Gasteiger partial charge in [0.1, 0.15) is 11.6 Å². The summed E-state index contributed by atoms with van der Waals surface area (Å²) in [5.41, 5.74) is 3.03. The van der Waals surface area contributed by atoms with Gasteiger partial charge in [-0.05, 0) is 43.0 Å². The van der Waals surface area contributed by atoms with Crippen LogP contribution in [-0.4, -0.2) is 43.5 Å². The highest BCUT2D eigenvalue weighted by molar-refractivity contribution is 5.74. The summed E-state index contributed by atoms with van der Waals surface area (Å²) in [7, 11) is 0. The maximum atomic E-state index is 13.6. The van der Waals surface area contributed by atoms with E-state index in [2.05, 4.69) is 0 Å². The molecule has 178 valence electrons. The third kappa shape index (κ3) is 6.92. The van der Waals surface area contributed by atoms with E-state index in [9.17, 15) is 19.4 Å². The first-order valence-corrected chi connectivity index (χ1v) is 11.7. The van der Waals surface area contributed by atoms with Crippen LogP contribution in [0.25, 0.3) is 17.3 Å². The lowest BCUT2D eigenvalue weighted by molar-refractivity contribution is -0.139. The van der Waals surface area contributed by atoms with Gasteiger partial charge in [0.05, 0.1) is 30.0 Å². The first-order valence-electron chi connectivity index (χ1n) is 11.7. The van der Waals surface area contributed by atoms with E-state index >= 15 is 0 Å². The maximum absolute atomic E-state index is 13.6. The average molecular weight is 457 g/mol. The smallest absolute Gasteiger partial charge is 0.305 e. The molecule has 0 radical (unpaired) electrons. The Balaban J connectivity index is 2.02. The summed E-state index contributed by atoms with van der Waals surface area (Å²) < 4.78 is 13.6. The van der Waals surface area contributed by atoms with Crippen LogP contribution in [-0.2, 0) is 4.79 Å². The lowest BCUT2D eigenvalue weighted by Gasteiger charge is -2.23. The number of benzene rings is 1. The number of carboxylic acid groups (broad SMARTS) is 1. The van der Waals surface area contributed by atoms with E-state index in [1.807, 2.05) is 13.8 Å². The summed E-state index contributed by atoms with van der Waals surface area (Å²) in [5.74, 6) is -0.253. The molecule has 0 aliphatic heterocycles. The first kappa shape index (κ1) is 25.0. The number of halogens is 1. The summed E-state index contributed by atoms with van der Waals surface area (Å²) in [5, 5.41) is 29.0. The van der Waals surface area contributed by atoms with E-state index in [0.717, 1.165) is 48.3 Å². The highest BCUT2D eigenvalue weighted by Crippen LogP contribution is 2.35. The number of aliphatic hydroxyl groups is 2. The molecule has 1 unspecified atom stereocenters. The molecule has 0 bridgehead atoms. The van der Waals surface area contributed by atoms with Gasteiger partial charge >= 0.3 is 5.97 Å². The summed E-state index contributed by atoms with van der Waals surface area (Å²) in [6.45, 7) is 4.09. The van der Waals surface area contributed by atoms with Gasteiger partial charge in [-0.2, -0.15) is 0 Å². The van der Waals surface area contributed by atoms with E-state index in [0.29, 0.717) is 11.6 Å². The number of hydrogen-bond acceptors (Lipinski definition) is 5. The molecule has 2 atom stereocenters. The van der Waals surface area contributed by atoms with Gasteiger partial charge in [0, 0.05) is 23.5 Å². The van der Waals surface area contributed by atoms with Crippen molar-refractivity contribution in [1.29, 1.82) is 0 Å². The monoisotopic (exact) mass is 456 g/mol. The van der Waals surface area contributed by atoms with Crippen molar-refractivity contribution in [1.82, 2.24) is 9.97 Å². The topological polar surface area (TPSA) is 104 Å². The minimum absolute atomic E-state index is 0.0870. The molecule has 1 fully saturated rings. The normalized spacial score (nSPS) is 16.9. The number of carbonyl (C=O) groups is 1. The Morgan fingerprint density at radius 2 is 1.79 bits per heavy atom. The van der Waals surface area contributed by atoms with Crippen LogP contribution in [0.3, 0.4) is 0 Å². The predicted octanol–water partition coefficient (Wildman–Crippen LogP) is 5.05. The van der Waals surface area contributed by atoms with E-state index in [-0.39, 0.29) is 18.2 Å². The predicted molar refractivity (Wildman–Crippen MR) is 125 cm³/mol. The Morgan fingerprint density at radius 3 is 2.39 bits per heavy atom. The molecule has 1 heterocycles. The third-order valence-corrected chi connectivity index (χ3v) is 6.04. The molecule has 1 aromatic carbocycles. The van der Waals surface area contributed by atoms with Gasteiger partial charge in [0.25, 0.3) is 0 Å². The van der Waals surface area contributed by atoms with Crippen LogP contribution < -0.4 is 0 Å². The zero-order valence-electron chi connectivity index (χ0n) is 19.2. The molecule has 0 saturated heterocycles. The van der Waals surface area contributed by atoms with Crippen molar-refractivity contribution in [2.24, 2.45) is 0 Å². The number of hydrogen-bond donors (Lipinski definition) is 3. The second-order valence-corrected chi connectivity index (χ2v) is 9.14. The summed E-state index contributed by atoms with van der Waals surface area (Å²) in [4.78, 5) is 20.6. The zero-order valence-corrected chi connectivity index (χ0v) is 19.2. The molecule has 2 aromatic rings. The van der Waals surface area contributed by atoms with Crippen LogP contribution in [0.2, 0.25) is 0 Å². The van der Waals surface area contributed by atoms with Crippen molar-refractivity contribution in [2.45, 2.75) is 82.8 Å². The van der Waals surface area contributed by atoms with Gasteiger partial charge in [-0.15, -0.1) is 0 Å². The fraction of sp³-hybridized carbons (Fsp3) is 0.500. The standard InChI is InChI=1S/C26H33FN2O4/c1-16(2)24-22(13-12-20(30)14-21(31)15-23(32)33)25(17-8-10-19(27)11-9-17)29-26(28-24)18-6-4-3-5-7-18/h8-13,16,18,20-21,30-31H,3-7,14-15H2,1-2H3,(H,32,33)/b13-12+/t20?,21-/m1/s1. The number of carboxylic acids is 1. The average Bonchev–Trinajstić information content (AvgIpc) is 2.77. The Hall–Kier alpha value is -2.64. The highest BCUT2D eigenvalue weighted by Gasteiger charge is 2.23. The SMILES string of the molecule is CC(C)c1nc(C2CCCCC2)nc(-c2ccc(F)cc2)c1/C=C/C(O)C[C@@H](O)CC(=O)O. The van der Waals surface area contributed by atoms with Gasteiger partial charge < -0.3 is 15.3 Å². The molecular formula is C26H33FN2O4. The number of aliphatic hydroxyl groups excluding tert-OH is 2. The number of rotatable bonds is 9. The number of aromatic nitrogens is 2. The minimum atomic E-state index is -1.15. The fourth-order valence-electron chi connectivity index (χ4n) is 4.33. The molecule has 0 amide bonds. The lowest BCUT2D eigenvalue weighted by atomic mass is 9.88. The van der Waals surface area contributed by atoms with Crippen molar-refractivity contribution >= 4 is 12.0 Å². The molecule has 1 saturated carbocycles. The molecular weight excluding hydrogens is 423 g/mol. The number of nitrogens with zero attached hydrogens (tertiary/aromatic N) is 2. The lowest BCUT2D eigenvalue weighted by Crippen LogP contribution is -2.19. The number of aliphatic carboxylic acids is 1. The van der Waals surface area contributed by atoms with Crippen molar-refractivity contribution in [3.05, 3.63) is 53.2 Å². The van der Waals surface area contributed by atoms with Crippen LogP contribution in [0.15, 0.2) is 30.3 Å². The molecule has 0 spiro atoms. The Bertz CT molecular complexity index is 969. The summed E-state index contributed by atoms with van der Waals surface area (Å²) >= 11 is 0. The second-order valence-electron chi connectivity index (χ2n) is 9.14. The molecule has 33 heavy (non-hydrogen) atoms. The molecule has 3 rings (SSSR count). The van der Waals surface area contributed by atoms with Crippen LogP contribution in [0.4, 0.5) is 4.39 Å². The molecule has 1 aliphatic rings. The van der Waals surface area contributed by atoms with E-state index in [1.54, 1.807) is 18.2 Å². The van der Waals surface area contributed by atoms with Crippen molar-refractivity contribution in [3.8, 4) is 11.3 Å². The van der Waals surface area contributed by atoms with Gasteiger partial charge in [-0.1, -0.05) is 45.3 Å². The minimum Gasteiger partial charge on any atom is -0.481 e. The highest BCUT2D eigenvalue weighted by atomic mass is 19.1. The van der Waals surface area contributed by atoms with Crippen LogP contribution in [0, 0.1) is 5.82 Å². The Labute approximate surface area is 194 Å². The quantitative estimate of drug-likeness (QED) is 0.488. The van der Waals surface area contributed by atoms with E-state index < -0.39 is 24.6 Å². The van der Waals surface area contributed by atoms with Gasteiger partial charge in [-0.3, -0.25) is 4.79 Å². The zero-order chi connectivity index (χ0) is 24.0. The first-order chi connectivity index (χ1) is 15.7. The van der Waals surface area contributed by atoms with Crippen molar-refractivity contribution in [3.63, 3.8) is 0 Å². The molecule has 1 aromatic heterocycles. The molecule has 1 aliphatic carbocycles. The summed E-state index contributed by atoms with van der Waals surface area (Å²) in [6.07, 6.45) is 6.21. The fourth-order valence-corrected chi connectivity index (χ4v) is 4.33. The van der Waals surface area contributed by atoms with Gasteiger partial charge in [0.2, 0.25) is 0 Å². The Kier molecular flexibility index (Phi) is 8.69. The van der Waals surface area contributed by atoms with E-state index in [4.69, 9.17) is 15.1 Å². The van der Waals surface area contributed by atoms with Crippen LogP contribution in [0.5, 0.6) is 0 Å². The Morgan fingerprint density at radius 1 is 1.12 bits per heavy atom. The molecule has 7 heteroatoms. The molecule has 6 nitrogen and oxygen atoms in total. The largest absolute Gasteiger partial charge is 0.481 e. The third-order valence-electron chi connectivity index (χ3n) is 6.04.